The van der Waals surface area contributed by atoms with Crippen molar-refractivity contribution in [2.45, 2.75) is 31.8 Å². The van der Waals surface area contributed by atoms with Crippen LogP contribution in [-0.4, -0.2) is 60.0 Å². The third-order valence-corrected chi connectivity index (χ3v) is 6.40. The smallest absolute Gasteiger partial charge is 0.411 e. The van der Waals surface area contributed by atoms with Gasteiger partial charge in [0.15, 0.2) is 0 Å². The van der Waals surface area contributed by atoms with Gasteiger partial charge < -0.3 is 20.3 Å². The van der Waals surface area contributed by atoms with Crippen LogP contribution in [0.4, 0.5) is 10.5 Å². The lowest BCUT2D eigenvalue weighted by molar-refractivity contribution is -0.137. The molecular weight excluding hydrogens is 444 g/mol. The summed E-state index contributed by atoms with van der Waals surface area (Å²) in [6, 6.07) is 14.6. The molecule has 33 heavy (non-hydrogen) atoms. The van der Waals surface area contributed by atoms with Crippen LogP contribution in [0.3, 0.4) is 0 Å². The van der Waals surface area contributed by atoms with Crippen molar-refractivity contribution in [1.29, 1.82) is 0 Å². The first-order chi connectivity index (χ1) is 15.9. The van der Waals surface area contributed by atoms with Crippen molar-refractivity contribution in [3.63, 3.8) is 0 Å². The van der Waals surface area contributed by atoms with E-state index in [0.29, 0.717) is 36.6 Å². The van der Waals surface area contributed by atoms with Crippen LogP contribution < -0.4 is 11.1 Å². The van der Waals surface area contributed by atoms with E-state index in [1.165, 1.54) is 0 Å². The molecule has 0 bridgehead atoms. The van der Waals surface area contributed by atoms with Gasteiger partial charge in [0.25, 0.3) is 0 Å². The molecule has 8 nitrogen and oxygen atoms in total. The number of ether oxygens (including phenoxy) is 1. The van der Waals surface area contributed by atoms with Crippen LogP contribution in [0.15, 0.2) is 48.5 Å². The number of hydrogen-bond acceptors (Lipinski definition) is 5. The van der Waals surface area contributed by atoms with E-state index < -0.39 is 11.6 Å². The van der Waals surface area contributed by atoms with Gasteiger partial charge in [-0.05, 0) is 43.5 Å². The summed E-state index contributed by atoms with van der Waals surface area (Å²) in [7, 11) is 0. The molecule has 176 valence electrons. The molecule has 2 aromatic carbocycles. The molecule has 0 aliphatic carbocycles. The van der Waals surface area contributed by atoms with Crippen LogP contribution in [-0.2, 0) is 20.9 Å². The summed E-state index contributed by atoms with van der Waals surface area (Å²) in [5.41, 5.74) is 7.21. The number of anilines is 1. The van der Waals surface area contributed by atoms with Crippen LogP contribution in [0.5, 0.6) is 0 Å². The molecule has 9 heteroatoms. The summed E-state index contributed by atoms with van der Waals surface area (Å²) in [5.74, 6) is -0.148. The zero-order valence-corrected chi connectivity index (χ0v) is 19.4. The number of hydrogen-bond donors (Lipinski definition) is 2. The van der Waals surface area contributed by atoms with Gasteiger partial charge in [-0.3, -0.25) is 14.9 Å². The molecule has 3 amide bonds. The highest BCUT2D eigenvalue weighted by molar-refractivity contribution is 6.31. The van der Waals surface area contributed by atoms with Gasteiger partial charge in [-0.2, -0.15) is 0 Å². The van der Waals surface area contributed by atoms with Gasteiger partial charge in [0.05, 0.1) is 12.1 Å². The number of benzene rings is 2. The van der Waals surface area contributed by atoms with Crippen molar-refractivity contribution in [3.8, 4) is 0 Å². The second-order valence-electron chi connectivity index (χ2n) is 8.20. The van der Waals surface area contributed by atoms with Crippen molar-refractivity contribution in [2.75, 3.05) is 31.6 Å². The maximum absolute atomic E-state index is 12.5. The summed E-state index contributed by atoms with van der Waals surface area (Å²) in [5, 5.41) is 3.26. The molecule has 0 unspecified atom stereocenters. The standard InChI is InChI=1S/C24H29ClN4O4/c1-18-6-8-20(9-7-18)27-23(32)33-16-24(10-12-28(13-11-24)22(31)14-26)29(17-30)15-19-4-2-3-5-21(19)25/h2-9,17H,10-16,26H2,1H3,(H,27,32). The lowest BCUT2D eigenvalue weighted by Gasteiger charge is -2.46. The quantitative estimate of drug-likeness (QED) is 0.574. The van der Waals surface area contributed by atoms with E-state index in [0.717, 1.165) is 17.5 Å². The second-order valence-corrected chi connectivity index (χ2v) is 8.61. The fourth-order valence-electron chi connectivity index (χ4n) is 3.93. The lowest BCUT2D eigenvalue weighted by atomic mass is 9.86. The molecule has 3 rings (SSSR count). The fraction of sp³-hybridized carbons (Fsp3) is 0.375. The Hall–Kier alpha value is -3.10. The van der Waals surface area contributed by atoms with E-state index in [4.69, 9.17) is 22.1 Å². The summed E-state index contributed by atoms with van der Waals surface area (Å²) in [4.78, 5) is 40.0. The minimum Gasteiger partial charge on any atom is -0.447 e. The number of rotatable bonds is 8. The Morgan fingerprint density at radius 3 is 2.45 bits per heavy atom. The summed E-state index contributed by atoms with van der Waals surface area (Å²) < 4.78 is 5.58. The van der Waals surface area contributed by atoms with E-state index in [2.05, 4.69) is 5.32 Å². The maximum atomic E-state index is 12.5. The Balaban J connectivity index is 1.75. The van der Waals surface area contributed by atoms with Crippen LogP contribution in [0, 0.1) is 6.92 Å². The van der Waals surface area contributed by atoms with Crippen molar-refractivity contribution in [1.82, 2.24) is 9.80 Å². The molecule has 0 saturated carbocycles. The number of piperidine rings is 1. The van der Waals surface area contributed by atoms with Crippen molar-refractivity contribution >= 4 is 35.7 Å². The monoisotopic (exact) mass is 472 g/mol. The zero-order valence-electron chi connectivity index (χ0n) is 18.6. The average molecular weight is 473 g/mol. The van der Waals surface area contributed by atoms with Gasteiger partial charge in [0.2, 0.25) is 12.3 Å². The summed E-state index contributed by atoms with van der Waals surface area (Å²) in [6.07, 6.45) is 1.03. The Kier molecular flexibility index (Phi) is 8.30. The first kappa shape index (κ1) is 24.5. The Morgan fingerprint density at radius 1 is 1.18 bits per heavy atom. The number of carbonyl (C=O) groups excluding carboxylic acids is 3. The first-order valence-corrected chi connectivity index (χ1v) is 11.2. The third-order valence-electron chi connectivity index (χ3n) is 6.03. The van der Waals surface area contributed by atoms with Crippen LogP contribution in [0.2, 0.25) is 5.02 Å². The van der Waals surface area contributed by atoms with Gasteiger partial charge in [0, 0.05) is 30.3 Å². The van der Waals surface area contributed by atoms with Gasteiger partial charge >= 0.3 is 6.09 Å². The van der Waals surface area contributed by atoms with E-state index in [-0.39, 0.29) is 25.6 Å². The Labute approximate surface area is 198 Å². The van der Waals surface area contributed by atoms with E-state index in [9.17, 15) is 14.4 Å². The average Bonchev–Trinajstić information content (AvgIpc) is 2.83. The minimum atomic E-state index is -0.781. The number of amides is 3. The Morgan fingerprint density at radius 2 is 1.85 bits per heavy atom. The molecule has 0 atom stereocenters. The fourth-order valence-corrected chi connectivity index (χ4v) is 4.13. The number of nitrogens with one attached hydrogen (secondary N) is 1. The topological polar surface area (TPSA) is 105 Å². The summed E-state index contributed by atoms with van der Waals surface area (Å²) >= 11 is 6.32. The molecule has 1 aliphatic rings. The van der Waals surface area contributed by atoms with Gasteiger partial charge in [-0.1, -0.05) is 47.5 Å². The number of likely N-dealkylation sites (tertiary alicyclic amines) is 1. The summed E-state index contributed by atoms with van der Waals surface area (Å²) in [6.45, 7) is 2.95. The first-order valence-electron chi connectivity index (χ1n) is 10.8. The molecule has 1 aliphatic heterocycles. The van der Waals surface area contributed by atoms with Crippen LogP contribution >= 0.6 is 11.6 Å². The number of nitrogens with two attached hydrogens (primary N) is 1. The SMILES string of the molecule is Cc1ccc(NC(=O)OCC2(N(C=O)Cc3ccccc3Cl)CCN(C(=O)CN)CC2)cc1. The number of carbonyl (C=O) groups is 3. The predicted molar refractivity (Wildman–Crippen MR) is 127 cm³/mol. The lowest BCUT2D eigenvalue weighted by Crippen LogP contribution is -2.59. The predicted octanol–water partition coefficient (Wildman–Crippen LogP) is 3.18. The van der Waals surface area contributed by atoms with Crippen LogP contribution in [0.1, 0.15) is 24.0 Å². The van der Waals surface area contributed by atoms with Crippen LogP contribution in [0.25, 0.3) is 0 Å². The maximum Gasteiger partial charge on any atom is 0.411 e. The number of halogens is 1. The van der Waals surface area contributed by atoms with Gasteiger partial charge in [0.1, 0.15) is 6.61 Å². The van der Waals surface area contributed by atoms with Crippen molar-refractivity contribution < 1.29 is 19.1 Å². The number of nitrogens with zero attached hydrogens (tertiary/aromatic N) is 2. The van der Waals surface area contributed by atoms with E-state index in [1.54, 1.807) is 28.0 Å². The molecule has 1 heterocycles. The second kappa shape index (κ2) is 11.2. The third kappa shape index (κ3) is 6.24. The molecule has 1 saturated heterocycles. The van der Waals surface area contributed by atoms with Crippen molar-refractivity contribution in [2.24, 2.45) is 5.73 Å². The molecule has 1 fully saturated rings. The van der Waals surface area contributed by atoms with Gasteiger partial charge in [-0.15, -0.1) is 0 Å². The molecule has 0 aromatic heterocycles. The number of aryl methyl sites for hydroxylation is 1. The zero-order chi connectivity index (χ0) is 23.8. The molecule has 2 aromatic rings. The Bertz CT molecular complexity index is 975. The van der Waals surface area contributed by atoms with E-state index >= 15 is 0 Å². The van der Waals surface area contributed by atoms with Crippen molar-refractivity contribution in [3.05, 3.63) is 64.7 Å². The molecule has 3 N–H and O–H groups in total. The molecule has 0 radical (unpaired) electrons. The van der Waals surface area contributed by atoms with E-state index in [1.807, 2.05) is 37.3 Å². The molecular formula is C24H29ClN4O4. The highest BCUT2D eigenvalue weighted by atomic mass is 35.5. The highest BCUT2D eigenvalue weighted by Crippen LogP contribution is 2.31. The normalized spacial score (nSPS) is 14.9. The highest BCUT2D eigenvalue weighted by Gasteiger charge is 2.42. The largest absolute Gasteiger partial charge is 0.447 e. The van der Waals surface area contributed by atoms with Gasteiger partial charge in [-0.25, -0.2) is 4.79 Å². The molecule has 0 spiro atoms. The minimum absolute atomic E-state index is 0.0153.